The van der Waals surface area contributed by atoms with Gasteiger partial charge < -0.3 is 10.6 Å². The first-order chi connectivity index (χ1) is 8.77. The van der Waals surface area contributed by atoms with Gasteiger partial charge in [-0.1, -0.05) is 18.2 Å². The number of hydrogen-bond acceptors (Lipinski definition) is 2. The molecule has 0 spiro atoms. The molecule has 0 atom stereocenters. The SMILES string of the molecule is NCC1(C(=O)N2CCCCc3ccccc32)CC1. The van der Waals surface area contributed by atoms with Crippen LogP contribution in [0.25, 0.3) is 0 Å². The first-order valence-electron chi connectivity index (χ1n) is 6.87. The topological polar surface area (TPSA) is 46.3 Å². The fourth-order valence-electron chi connectivity index (χ4n) is 2.84. The number of carbonyl (C=O) groups is 1. The number of fused-ring (bicyclic) bond motifs is 1. The van der Waals surface area contributed by atoms with E-state index in [1.807, 2.05) is 11.0 Å². The highest BCUT2D eigenvalue weighted by Crippen LogP contribution is 2.47. The van der Waals surface area contributed by atoms with E-state index in [9.17, 15) is 4.79 Å². The average molecular weight is 244 g/mol. The van der Waals surface area contributed by atoms with Crippen molar-refractivity contribution in [3.8, 4) is 0 Å². The molecule has 0 bridgehead atoms. The molecule has 0 unspecified atom stereocenters. The quantitative estimate of drug-likeness (QED) is 0.866. The van der Waals surface area contributed by atoms with Crippen molar-refractivity contribution in [2.45, 2.75) is 32.1 Å². The normalized spacial score (nSPS) is 21.1. The van der Waals surface area contributed by atoms with E-state index in [0.717, 1.165) is 44.3 Å². The van der Waals surface area contributed by atoms with E-state index >= 15 is 0 Å². The van der Waals surface area contributed by atoms with Gasteiger partial charge in [-0.25, -0.2) is 0 Å². The Morgan fingerprint density at radius 2 is 2.06 bits per heavy atom. The Morgan fingerprint density at radius 3 is 2.78 bits per heavy atom. The third kappa shape index (κ3) is 1.83. The standard InChI is InChI=1S/C15H20N2O/c16-11-15(8-9-15)14(18)17-10-4-3-6-12-5-1-2-7-13(12)17/h1-2,5,7H,3-4,6,8-11,16H2. The maximum Gasteiger partial charge on any atom is 0.234 e. The van der Waals surface area contributed by atoms with Crippen LogP contribution in [0.1, 0.15) is 31.2 Å². The van der Waals surface area contributed by atoms with Gasteiger partial charge >= 0.3 is 0 Å². The molecular formula is C15H20N2O. The van der Waals surface area contributed by atoms with E-state index in [2.05, 4.69) is 18.2 Å². The van der Waals surface area contributed by atoms with Gasteiger partial charge in [0.15, 0.2) is 0 Å². The first kappa shape index (κ1) is 11.7. The summed E-state index contributed by atoms with van der Waals surface area (Å²) in [4.78, 5) is 14.7. The molecule has 0 saturated heterocycles. The lowest BCUT2D eigenvalue weighted by Crippen LogP contribution is -2.41. The molecule has 3 nitrogen and oxygen atoms in total. The van der Waals surface area contributed by atoms with Crippen LogP contribution in [-0.4, -0.2) is 19.0 Å². The summed E-state index contributed by atoms with van der Waals surface area (Å²) in [5.74, 6) is 0.249. The highest BCUT2D eigenvalue weighted by atomic mass is 16.2. The minimum atomic E-state index is -0.239. The molecule has 1 saturated carbocycles. The Hall–Kier alpha value is -1.35. The van der Waals surface area contributed by atoms with Gasteiger partial charge in [-0.05, 0) is 43.7 Å². The molecule has 2 N–H and O–H groups in total. The number of aryl methyl sites for hydroxylation is 1. The van der Waals surface area contributed by atoms with Crippen LogP contribution in [0.15, 0.2) is 24.3 Å². The molecule has 1 aliphatic carbocycles. The van der Waals surface area contributed by atoms with Gasteiger partial charge in [0.2, 0.25) is 5.91 Å². The van der Waals surface area contributed by atoms with Crippen LogP contribution >= 0.6 is 0 Å². The second-order valence-electron chi connectivity index (χ2n) is 5.53. The van der Waals surface area contributed by atoms with Crippen molar-refractivity contribution in [3.63, 3.8) is 0 Å². The number of amides is 1. The van der Waals surface area contributed by atoms with Crippen LogP contribution in [-0.2, 0) is 11.2 Å². The predicted octanol–water partition coefficient (Wildman–Crippen LogP) is 2.09. The molecule has 0 radical (unpaired) electrons. The zero-order chi connectivity index (χ0) is 12.6. The van der Waals surface area contributed by atoms with Crippen molar-refractivity contribution >= 4 is 11.6 Å². The van der Waals surface area contributed by atoms with Gasteiger partial charge in [0.25, 0.3) is 0 Å². The van der Waals surface area contributed by atoms with Crippen molar-refractivity contribution in [2.75, 3.05) is 18.0 Å². The van der Waals surface area contributed by atoms with E-state index in [-0.39, 0.29) is 11.3 Å². The maximum absolute atomic E-state index is 12.7. The molecule has 3 rings (SSSR count). The number of rotatable bonds is 2. The summed E-state index contributed by atoms with van der Waals surface area (Å²) >= 11 is 0. The van der Waals surface area contributed by atoms with Crippen LogP contribution in [0.3, 0.4) is 0 Å². The molecule has 1 aromatic carbocycles. The molecular weight excluding hydrogens is 224 g/mol. The van der Waals surface area contributed by atoms with E-state index < -0.39 is 0 Å². The van der Waals surface area contributed by atoms with Gasteiger partial charge in [0, 0.05) is 18.8 Å². The molecule has 18 heavy (non-hydrogen) atoms. The summed E-state index contributed by atoms with van der Waals surface area (Å²) in [5, 5.41) is 0. The number of nitrogens with zero attached hydrogens (tertiary/aromatic N) is 1. The summed E-state index contributed by atoms with van der Waals surface area (Å²) < 4.78 is 0. The van der Waals surface area contributed by atoms with Crippen LogP contribution in [0.4, 0.5) is 5.69 Å². The van der Waals surface area contributed by atoms with Crippen molar-refractivity contribution in [3.05, 3.63) is 29.8 Å². The summed E-state index contributed by atoms with van der Waals surface area (Å²) in [5.41, 5.74) is 7.96. The summed E-state index contributed by atoms with van der Waals surface area (Å²) in [6, 6.07) is 8.29. The maximum atomic E-state index is 12.7. The second-order valence-corrected chi connectivity index (χ2v) is 5.53. The van der Waals surface area contributed by atoms with Gasteiger partial charge in [0.1, 0.15) is 0 Å². The van der Waals surface area contributed by atoms with Crippen LogP contribution in [0, 0.1) is 5.41 Å². The number of nitrogens with two attached hydrogens (primary N) is 1. The van der Waals surface area contributed by atoms with E-state index in [1.165, 1.54) is 5.56 Å². The van der Waals surface area contributed by atoms with Crippen molar-refractivity contribution in [1.29, 1.82) is 0 Å². The van der Waals surface area contributed by atoms with Crippen molar-refractivity contribution in [1.82, 2.24) is 0 Å². The number of anilines is 1. The monoisotopic (exact) mass is 244 g/mol. The Balaban J connectivity index is 1.94. The Kier molecular flexibility index (Phi) is 2.86. The second kappa shape index (κ2) is 4.39. The highest BCUT2D eigenvalue weighted by molar-refractivity contribution is 6.00. The number of para-hydroxylation sites is 1. The van der Waals surface area contributed by atoms with Crippen molar-refractivity contribution in [2.24, 2.45) is 11.1 Å². The summed E-state index contributed by atoms with van der Waals surface area (Å²) in [6.45, 7) is 1.34. The molecule has 96 valence electrons. The third-order valence-electron chi connectivity index (χ3n) is 4.30. The predicted molar refractivity (Wildman–Crippen MR) is 72.5 cm³/mol. The molecule has 1 amide bonds. The lowest BCUT2D eigenvalue weighted by molar-refractivity contribution is -0.123. The number of benzene rings is 1. The Morgan fingerprint density at radius 1 is 1.28 bits per heavy atom. The van der Waals surface area contributed by atoms with E-state index in [4.69, 9.17) is 5.73 Å². The van der Waals surface area contributed by atoms with Crippen LogP contribution < -0.4 is 10.6 Å². The number of hydrogen-bond donors (Lipinski definition) is 1. The molecule has 3 heteroatoms. The smallest absolute Gasteiger partial charge is 0.234 e. The number of carbonyl (C=O) groups excluding carboxylic acids is 1. The fourth-order valence-corrected chi connectivity index (χ4v) is 2.84. The van der Waals surface area contributed by atoms with Gasteiger partial charge in [-0.2, -0.15) is 0 Å². The largest absolute Gasteiger partial charge is 0.329 e. The molecule has 1 heterocycles. The highest BCUT2D eigenvalue weighted by Gasteiger charge is 2.50. The zero-order valence-corrected chi connectivity index (χ0v) is 10.7. The average Bonchev–Trinajstić information content (AvgIpc) is 3.22. The molecule has 1 fully saturated rings. The Bertz CT molecular complexity index is 465. The lowest BCUT2D eigenvalue weighted by Gasteiger charge is -2.27. The fraction of sp³-hybridized carbons (Fsp3) is 0.533. The minimum absolute atomic E-state index is 0.239. The molecule has 1 aromatic rings. The minimum Gasteiger partial charge on any atom is -0.329 e. The third-order valence-corrected chi connectivity index (χ3v) is 4.30. The lowest BCUT2D eigenvalue weighted by atomic mass is 10.0. The van der Waals surface area contributed by atoms with E-state index in [1.54, 1.807) is 0 Å². The van der Waals surface area contributed by atoms with Crippen LogP contribution in [0.5, 0.6) is 0 Å². The molecule has 1 aliphatic heterocycles. The van der Waals surface area contributed by atoms with Crippen LogP contribution in [0.2, 0.25) is 0 Å². The zero-order valence-electron chi connectivity index (χ0n) is 10.7. The van der Waals surface area contributed by atoms with Gasteiger partial charge in [-0.15, -0.1) is 0 Å². The molecule has 0 aromatic heterocycles. The van der Waals surface area contributed by atoms with Crippen molar-refractivity contribution < 1.29 is 4.79 Å². The van der Waals surface area contributed by atoms with Gasteiger partial charge in [0.05, 0.1) is 5.41 Å². The summed E-state index contributed by atoms with van der Waals surface area (Å²) in [6.07, 6.45) is 5.25. The molecule has 2 aliphatic rings. The van der Waals surface area contributed by atoms with Gasteiger partial charge in [-0.3, -0.25) is 4.79 Å². The van der Waals surface area contributed by atoms with E-state index in [0.29, 0.717) is 6.54 Å². The first-order valence-corrected chi connectivity index (χ1v) is 6.87. The Labute approximate surface area is 108 Å². The summed E-state index contributed by atoms with van der Waals surface area (Å²) in [7, 11) is 0.